The van der Waals surface area contributed by atoms with Crippen molar-refractivity contribution < 1.29 is 9.31 Å². The minimum atomic E-state index is -0.302. The van der Waals surface area contributed by atoms with Crippen molar-refractivity contribution in [2.45, 2.75) is 45.4 Å². The van der Waals surface area contributed by atoms with Crippen LogP contribution in [0.3, 0.4) is 0 Å². The molecule has 2 heterocycles. The molecule has 4 heteroatoms. The minimum absolute atomic E-state index is 0.298. The smallest absolute Gasteiger partial charge is 0.399 e. The highest BCUT2D eigenvalue weighted by atomic mass is 16.7. The van der Waals surface area contributed by atoms with E-state index < -0.39 is 0 Å². The Kier molecular flexibility index (Phi) is 2.60. The molecule has 100 valence electrons. The van der Waals surface area contributed by atoms with Gasteiger partial charge in [-0.15, -0.1) is 0 Å². The normalized spacial score (nSPS) is 23.4. The van der Waals surface area contributed by atoms with Gasteiger partial charge in [0, 0.05) is 17.8 Å². The molecule has 0 radical (unpaired) electrons. The summed E-state index contributed by atoms with van der Waals surface area (Å²) in [5.41, 5.74) is 3.90. The molecule has 0 saturated carbocycles. The van der Waals surface area contributed by atoms with E-state index in [-0.39, 0.29) is 18.3 Å². The van der Waals surface area contributed by atoms with Crippen LogP contribution in [0.25, 0.3) is 5.70 Å². The Bertz CT molecular complexity index is 535. The first-order valence-corrected chi connectivity index (χ1v) is 6.72. The maximum absolute atomic E-state index is 6.13. The van der Waals surface area contributed by atoms with Crippen molar-refractivity contribution in [1.82, 2.24) is 5.32 Å². The van der Waals surface area contributed by atoms with Crippen molar-refractivity contribution in [2.24, 2.45) is 0 Å². The van der Waals surface area contributed by atoms with Gasteiger partial charge in [-0.2, -0.15) is 0 Å². The summed E-state index contributed by atoms with van der Waals surface area (Å²) in [5, 5.41) is 3.28. The predicted molar refractivity (Wildman–Crippen MR) is 78.0 cm³/mol. The first kappa shape index (κ1) is 12.8. The summed E-state index contributed by atoms with van der Waals surface area (Å²) in [4.78, 5) is 0. The summed E-state index contributed by atoms with van der Waals surface area (Å²) in [5.74, 6) is 0. The van der Waals surface area contributed by atoms with Gasteiger partial charge >= 0.3 is 7.12 Å². The zero-order valence-corrected chi connectivity index (χ0v) is 12.0. The zero-order chi connectivity index (χ0) is 13.8. The lowest BCUT2D eigenvalue weighted by molar-refractivity contribution is 0.00578. The van der Waals surface area contributed by atoms with Crippen LogP contribution >= 0.6 is 0 Å². The lowest BCUT2D eigenvalue weighted by Gasteiger charge is -2.32. The number of fused-ring (bicyclic) bond motifs is 1. The fraction of sp³-hybridized carbons (Fsp3) is 0.467. The van der Waals surface area contributed by atoms with Crippen LogP contribution < -0.4 is 10.8 Å². The van der Waals surface area contributed by atoms with Gasteiger partial charge in [0.25, 0.3) is 0 Å². The fourth-order valence-corrected chi connectivity index (χ4v) is 2.57. The van der Waals surface area contributed by atoms with Crippen molar-refractivity contribution in [3.8, 4) is 0 Å². The zero-order valence-electron chi connectivity index (χ0n) is 12.0. The van der Waals surface area contributed by atoms with E-state index in [2.05, 4.69) is 51.7 Å². The van der Waals surface area contributed by atoms with Crippen LogP contribution in [-0.4, -0.2) is 18.3 Å². The van der Waals surface area contributed by atoms with E-state index in [9.17, 15) is 0 Å². The number of nitrogens with one attached hydrogen (secondary N) is 1. The summed E-state index contributed by atoms with van der Waals surface area (Å²) in [6.45, 7) is 13.1. The van der Waals surface area contributed by atoms with Crippen LogP contribution in [0, 0.1) is 0 Å². The second kappa shape index (κ2) is 3.87. The van der Waals surface area contributed by atoms with Crippen molar-refractivity contribution >= 4 is 18.3 Å². The Morgan fingerprint density at radius 3 is 2.42 bits per heavy atom. The van der Waals surface area contributed by atoms with Gasteiger partial charge in [0.15, 0.2) is 0 Å². The van der Waals surface area contributed by atoms with Gasteiger partial charge in [-0.25, -0.2) is 0 Å². The molecule has 0 atom stereocenters. The third-order valence-electron chi connectivity index (χ3n) is 4.52. The van der Waals surface area contributed by atoms with Crippen molar-refractivity contribution in [3.05, 3.63) is 35.9 Å². The highest BCUT2D eigenvalue weighted by Gasteiger charge is 2.52. The number of rotatable bonds is 1. The molecular formula is C15H20BNO2. The fourth-order valence-electron chi connectivity index (χ4n) is 2.57. The van der Waals surface area contributed by atoms with Crippen molar-refractivity contribution in [2.75, 3.05) is 0 Å². The Morgan fingerprint density at radius 2 is 1.79 bits per heavy atom. The second-order valence-electron chi connectivity index (χ2n) is 6.29. The lowest BCUT2D eigenvalue weighted by atomic mass is 9.75. The van der Waals surface area contributed by atoms with Gasteiger partial charge in [-0.3, -0.25) is 0 Å². The summed E-state index contributed by atoms with van der Waals surface area (Å²) in [6, 6.07) is 6.21. The van der Waals surface area contributed by atoms with Gasteiger partial charge in [-0.1, -0.05) is 24.8 Å². The molecule has 19 heavy (non-hydrogen) atoms. The summed E-state index contributed by atoms with van der Waals surface area (Å²) in [6.07, 6.45) is 0. The van der Waals surface area contributed by atoms with E-state index >= 15 is 0 Å². The maximum atomic E-state index is 6.13. The summed E-state index contributed by atoms with van der Waals surface area (Å²) >= 11 is 0. The third kappa shape index (κ3) is 1.82. The van der Waals surface area contributed by atoms with Crippen LogP contribution in [0.4, 0.5) is 0 Å². The third-order valence-corrected chi connectivity index (χ3v) is 4.52. The van der Waals surface area contributed by atoms with Gasteiger partial charge < -0.3 is 14.6 Å². The van der Waals surface area contributed by atoms with Crippen LogP contribution in [0.1, 0.15) is 38.8 Å². The molecule has 0 aromatic heterocycles. The standard InChI is InChI=1S/C15H20BNO2/c1-10-11-7-6-8-13(12(11)9-17-10)16-18-14(2,3)15(4,5)19-16/h6-8,17H,1,9H2,2-5H3. The number of hydrogen-bond acceptors (Lipinski definition) is 3. The molecule has 1 fully saturated rings. The van der Waals surface area contributed by atoms with Crippen molar-refractivity contribution in [3.63, 3.8) is 0 Å². The summed E-state index contributed by atoms with van der Waals surface area (Å²) < 4.78 is 12.3. The van der Waals surface area contributed by atoms with Gasteiger partial charge in [0.2, 0.25) is 0 Å². The SMILES string of the molecule is C=C1NCc2c(B3OC(C)(C)C(C)(C)O3)cccc21. The van der Waals surface area contributed by atoms with E-state index in [1.54, 1.807) is 0 Å². The van der Waals surface area contributed by atoms with E-state index in [0.717, 1.165) is 17.7 Å². The van der Waals surface area contributed by atoms with Crippen LogP contribution in [0.5, 0.6) is 0 Å². The van der Waals surface area contributed by atoms with E-state index in [4.69, 9.17) is 9.31 Å². The molecule has 1 aromatic carbocycles. The minimum Gasteiger partial charge on any atom is -0.399 e. The molecule has 1 N–H and O–H groups in total. The van der Waals surface area contributed by atoms with Crippen LogP contribution in [-0.2, 0) is 15.9 Å². The predicted octanol–water partition coefficient (Wildman–Crippen LogP) is 2.06. The largest absolute Gasteiger partial charge is 0.495 e. The molecule has 0 bridgehead atoms. The topological polar surface area (TPSA) is 30.5 Å². The number of benzene rings is 1. The Labute approximate surface area is 115 Å². The Balaban J connectivity index is 2.00. The molecular weight excluding hydrogens is 237 g/mol. The molecule has 0 spiro atoms. The Morgan fingerprint density at radius 1 is 1.16 bits per heavy atom. The van der Waals surface area contributed by atoms with E-state index in [1.165, 1.54) is 11.1 Å². The van der Waals surface area contributed by atoms with Crippen LogP contribution in [0.15, 0.2) is 24.8 Å². The monoisotopic (exact) mass is 257 g/mol. The van der Waals surface area contributed by atoms with E-state index in [1.807, 2.05) is 6.07 Å². The average molecular weight is 257 g/mol. The quantitative estimate of drug-likeness (QED) is 0.781. The molecule has 1 saturated heterocycles. The Hall–Kier alpha value is -1.26. The van der Waals surface area contributed by atoms with Crippen molar-refractivity contribution in [1.29, 1.82) is 0 Å². The second-order valence-corrected chi connectivity index (χ2v) is 6.29. The first-order valence-electron chi connectivity index (χ1n) is 6.72. The maximum Gasteiger partial charge on any atom is 0.495 e. The van der Waals surface area contributed by atoms with Gasteiger partial charge in [-0.05, 0) is 38.7 Å². The lowest BCUT2D eigenvalue weighted by Crippen LogP contribution is -2.41. The summed E-state index contributed by atoms with van der Waals surface area (Å²) in [7, 11) is -0.298. The average Bonchev–Trinajstić information content (AvgIpc) is 2.78. The molecule has 3 rings (SSSR count). The van der Waals surface area contributed by atoms with Gasteiger partial charge in [0.1, 0.15) is 0 Å². The highest BCUT2D eigenvalue weighted by molar-refractivity contribution is 6.62. The molecule has 2 aliphatic heterocycles. The first-order chi connectivity index (χ1) is 8.82. The molecule has 0 amide bonds. The molecule has 3 nitrogen and oxygen atoms in total. The van der Waals surface area contributed by atoms with Crippen LogP contribution in [0.2, 0.25) is 0 Å². The molecule has 1 aromatic rings. The molecule has 0 unspecified atom stereocenters. The number of hydrogen-bond donors (Lipinski definition) is 1. The molecule has 2 aliphatic rings. The molecule has 0 aliphatic carbocycles. The highest BCUT2D eigenvalue weighted by Crippen LogP contribution is 2.37. The van der Waals surface area contributed by atoms with Gasteiger partial charge in [0.05, 0.1) is 11.2 Å². The van der Waals surface area contributed by atoms with E-state index in [0.29, 0.717) is 0 Å².